The molecule has 0 bridgehead atoms. The molecule has 232 valence electrons. The van der Waals surface area contributed by atoms with E-state index in [9.17, 15) is 0 Å². The van der Waals surface area contributed by atoms with Crippen LogP contribution in [-0.2, 0) is 6.37 Å². The van der Waals surface area contributed by atoms with Gasteiger partial charge in [0.2, 0.25) is 0 Å². The number of nitrogens with zero attached hydrogens (tertiary/aromatic N) is 2. The Labute approximate surface area is 300 Å². The molecule has 0 aliphatic rings. The Morgan fingerprint density at radius 1 is 0.531 bits per heavy atom. The van der Waals surface area contributed by atoms with Crippen molar-refractivity contribution in [3.8, 4) is 50.2 Å². The van der Waals surface area contributed by atoms with Crippen LogP contribution >= 0.6 is 0 Å². The van der Waals surface area contributed by atoms with Crippen LogP contribution in [0.15, 0.2) is 176 Å². The minimum absolute atomic E-state index is 0.161. The maximum absolute atomic E-state index is 8.61. The average molecular weight is 637 g/mol. The summed E-state index contributed by atoms with van der Waals surface area (Å²) in [5, 5.41) is 4.08. The quantitative estimate of drug-likeness (QED) is 0.166. The van der Waals surface area contributed by atoms with Crippen molar-refractivity contribution in [1.82, 2.24) is 9.55 Å². The molecule has 1 aromatic heterocycles. The number of hydrogen-bond acceptors (Lipinski definition) is 1. The summed E-state index contributed by atoms with van der Waals surface area (Å²) in [6, 6.07) is 45.4. The summed E-state index contributed by atoms with van der Waals surface area (Å²) in [4.78, 5) is 4.44. The van der Waals surface area contributed by atoms with Gasteiger partial charge in [-0.25, -0.2) is 4.98 Å². The van der Waals surface area contributed by atoms with Crippen molar-refractivity contribution >= 4 is 32.6 Å². The van der Waals surface area contributed by atoms with Crippen LogP contribution in [0.5, 0.6) is 0 Å². The molecule has 0 aliphatic carbocycles. The smallest absolute Gasteiger partial charge is 0.114 e. The van der Waals surface area contributed by atoms with Crippen LogP contribution in [-0.4, -0.2) is 9.55 Å². The van der Waals surface area contributed by atoms with E-state index in [1.807, 2.05) is 72.8 Å². The summed E-state index contributed by atoms with van der Waals surface area (Å²) in [5.74, 6) is -0.178. The first-order valence-electron chi connectivity index (χ1n) is 21.1. The van der Waals surface area contributed by atoms with Crippen LogP contribution in [0.4, 0.5) is 0 Å². The van der Waals surface area contributed by atoms with Gasteiger partial charge in [-0.3, -0.25) is 4.57 Å². The number of imidazole rings is 1. The molecule has 0 radical (unpaired) electrons. The predicted octanol–water partition coefficient (Wildman–Crippen LogP) is 12.6. The maximum Gasteiger partial charge on any atom is 0.114 e. The lowest BCUT2D eigenvalue weighted by Crippen LogP contribution is -1.99. The molecular formula is C47H34N2. The van der Waals surface area contributed by atoms with E-state index in [1.54, 1.807) is 28.8 Å². The first-order chi connectivity index (χ1) is 28.3. The van der Waals surface area contributed by atoms with Gasteiger partial charge in [0.1, 0.15) is 5.82 Å². The molecule has 0 saturated heterocycles. The molecular weight excluding hydrogens is 593 g/mol. The van der Waals surface area contributed by atoms with Crippen LogP contribution in [0.25, 0.3) is 82.8 Å². The average Bonchev–Trinajstić information content (AvgIpc) is 3.65. The van der Waals surface area contributed by atoms with E-state index in [-0.39, 0.29) is 35.6 Å². The van der Waals surface area contributed by atoms with E-state index in [2.05, 4.69) is 53.5 Å². The zero-order valence-corrected chi connectivity index (χ0v) is 26.3. The zero-order valence-electron chi connectivity index (χ0n) is 36.3. The molecule has 9 aromatic rings. The van der Waals surface area contributed by atoms with Crippen molar-refractivity contribution in [3.05, 3.63) is 182 Å². The van der Waals surface area contributed by atoms with Gasteiger partial charge in [-0.15, -0.1) is 0 Å². The first kappa shape index (κ1) is 20.2. The van der Waals surface area contributed by atoms with Gasteiger partial charge in [0.15, 0.2) is 0 Å². The Balaban J connectivity index is 1.12. The van der Waals surface area contributed by atoms with E-state index in [0.29, 0.717) is 22.3 Å². The van der Waals surface area contributed by atoms with E-state index < -0.39 is 19.3 Å². The second-order valence-corrected chi connectivity index (χ2v) is 11.9. The summed E-state index contributed by atoms with van der Waals surface area (Å²) in [6.45, 7) is -2.92. The predicted molar refractivity (Wildman–Crippen MR) is 207 cm³/mol. The molecule has 0 atom stereocenters. The number of aromatic nitrogens is 2. The number of rotatable bonds is 6. The van der Waals surface area contributed by atoms with Crippen molar-refractivity contribution in [2.45, 2.75) is 13.2 Å². The number of aryl methyl sites for hydroxylation is 1. The van der Waals surface area contributed by atoms with Gasteiger partial charge in [-0.05, 0) is 96.4 Å². The molecule has 0 spiro atoms. The second-order valence-electron chi connectivity index (χ2n) is 11.9. The highest BCUT2D eigenvalue weighted by molar-refractivity contribution is 6.21. The lowest BCUT2D eigenvalue weighted by atomic mass is 9.85. The van der Waals surface area contributed by atoms with Gasteiger partial charge in [-0.1, -0.05) is 152 Å². The van der Waals surface area contributed by atoms with Crippen molar-refractivity contribution in [1.29, 1.82) is 0 Å². The van der Waals surface area contributed by atoms with Crippen molar-refractivity contribution in [2.24, 2.45) is 0 Å². The Kier molecular flexibility index (Phi) is 4.98. The van der Waals surface area contributed by atoms with Gasteiger partial charge in [-0.2, -0.15) is 0 Å². The number of fused-ring (bicyclic) bond motifs is 3. The SMILES string of the molecule is [2H]c1c([2H])c([2H])c(-c2cccc(-c3c4ccccc4c(-c4ccc(-c5ccc(-n6c(C([2H])([2H])C([2H])([2H])[2H])nc7ccccc76)cc5)cc4)c4ccccc34)c2)c([2H])c1[2H]. The third-order valence-electron chi connectivity index (χ3n) is 9.18. The van der Waals surface area contributed by atoms with Crippen LogP contribution in [0.1, 0.15) is 26.4 Å². The topological polar surface area (TPSA) is 17.8 Å². The highest BCUT2D eigenvalue weighted by Crippen LogP contribution is 2.44. The third kappa shape index (κ3) is 5.01. The molecule has 9 rings (SSSR count). The molecule has 0 aliphatic heterocycles. The number of benzene rings is 8. The van der Waals surface area contributed by atoms with E-state index >= 15 is 0 Å². The molecule has 8 aromatic carbocycles. The Bertz CT molecular complexity index is 3030. The third-order valence-corrected chi connectivity index (χ3v) is 9.18. The van der Waals surface area contributed by atoms with Crippen molar-refractivity contribution < 1.29 is 13.7 Å². The molecule has 0 amide bonds. The van der Waals surface area contributed by atoms with E-state index in [1.165, 1.54) is 0 Å². The molecule has 0 fully saturated rings. The molecule has 0 saturated carbocycles. The second kappa shape index (κ2) is 12.1. The standard InChI is InChI=1S/C47H34N2/c1-2-45-48-43-21-10-11-22-44(43)49(45)38-29-27-34(28-30-38)33-23-25-35(26-24-33)46-39-17-6-8-19-41(39)47(42-20-9-7-18-40(42)46)37-16-12-15-36(31-37)32-13-4-3-5-14-32/h3-31H,2H2,1H3/i1D3,2D2,3D,4D,5D,13D,14D. The summed E-state index contributed by atoms with van der Waals surface area (Å²) >= 11 is 0. The molecule has 1 heterocycles. The zero-order chi connectivity index (χ0) is 41.4. The number of hydrogen-bond donors (Lipinski definition) is 0. The fourth-order valence-electron chi connectivity index (χ4n) is 6.98. The minimum Gasteiger partial charge on any atom is -0.296 e. The summed E-state index contributed by atoms with van der Waals surface area (Å²) in [6.07, 6.45) is -2.69. The van der Waals surface area contributed by atoms with Gasteiger partial charge in [0.25, 0.3) is 0 Å². The van der Waals surface area contributed by atoms with Crippen molar-refractivity contribution in [3.63, 3.8) is 0 Å². The van der Waals surface area contributed by atoms with Gasteiger partial charge >= 0.3 is 0 Å². The van der Waals surface area contributed by atoms with Crippen LogP contribution in [0.2, 0.25) is 0 Å². The maximum atomic E-state index is 8.61. The highest BCUT2D eigenvalue weighted by atomic mass is 15.1. The fraction of sp³-hybridized carbons (Fsp3) is 0.0426. The lowest BCUT2D eigenvalue weighted by Gasteiger charge is -2.18. The van der Waals surface area contributed by atoms with Gasteiger partial charge in [0, 0.05) is 18.9 Å². The van der Waals surface area contributed by atoms with Gasteiger partial charge < -0.3 is 0 Å². The summed E-state index contributed by atoms with van der Waals surface area (Å²) in [5.41, 5.74) is 8.21. The van der Waals surface area contributed by atoms with Crippen LogP contribution < -0.4 is 0 Å². The largest absolute Gasteiger partial charge is 0.296 e. The lowest BCUT2D eigenvalue weighted by molar-refractivity contribution is 0.908. The monoisotopic (exact) mass is 636 g/mol. The summed E-state index contributed by atoms with van der Waals surface area (Å²) in [7, 11) is 0. The highest BCUT2D eigenvalue weighted by Gasteiger charge is 2.17. The Morgan fingerprint density at radius 2 is 1.08 bits per heavy atom. The normalized spacial score (nSPS) is 14.9. The molecule has 0 unspecified atom stereocenters. The number of para-hydroxylation sites is 2. The molecule has 0 N–H and O–H groups in total. The van der Waals surface area contributed by atoms with Crippen LogP contribution in [0.3, 0.4) is 0 Å². The van der Waals surface area contributed by atoms with Gasteiger partial charge in [0.05, 0.1) is 17.9 Å². The van der Waals surface area contributed by atoms with E-state index in [4.69, 9.17) is 13.7 Å². The molecule has 49 heavy (non-hydrogen) atoms. The first-order valence-corrected chi connectivity index (χ1v) is 16.1. The van der Waals surface area contributed by atoms with Crippen molar-refractivity contribution in [2.75, 3.05) is 0 Å². The summed E-state index contributed by atoms with van der Waals surface area (Å²) < 4.78 is 84.2. The van der Waals surface area contributed by atoms with E-state index in [0.717, 1.165) is 54.9 Å². The minimum atomic E-state index is -2.92. The molecule has 2 heteroatoms. The van der Waals surface area contributed by atoms with Crippen LogP contribution in [0, 0.1) is 0 Å². The fourth-order valence-corrected chi connectivity index (χ4v) is 6.98. The Hall–Kier alpha value is -6.25. The Morgan fingerprint density at radius 3 is 1.73 bits per heavy atom. The molecule has 2 nitrogen and oxygen atoms in total.